The first-order valence-electron chi connectivity index (χ1n) is 7.63. The molecule has 0 unspecified atom stereocenters. The van der Waals surface area contributed by atoms with E-state index in [2.05, 4.69) is 21.8 Å². The summed E-state index contributed by atoms with van der Waals surface area (Å²) >= 11 is 1.19. The second-order valence-corrected chi connectivity index (χ2v) is 6.79. The van der Waals surface area contributed by atoms with E-state index in [1.54, 1.807) is 6.07 Å². The highest BCUT2D eigenvalue weighted by atomic mass is 32.1. The number of nitrogens with zero attached hydrogens (tertiary/aromatic N) is 3. The van der Waals surface area contributed by atoms with Crippen LogP contribution in [0.4, 0.5) is 5.00 Å². The molecule has 0 bridgehead atoms. The summed E-state index contributed by atoms with van der Waals surface area (Å²) in [6.07, 6.45) is 2.47. The average Bonchev–Trinajstić information content (AvgIpc) is 2.97. The number of fused-ring (bicyclic) bond motifs is 1. The number of nitro groups is 1. The third-order valence-corrected chi connectivity index (χ3v) is 4.91. The van der Waals surface area contributed by atoms with Crippen LogP contribution in [0.3, 0.4) is 0 Å². The fourth-order valence-corrected chi connectivity index (χ4v) is 3.66. The van der Waals surface area contributed by atoms with Crippen LogP contribution in [0.1, 0.15) is 35.3 Å². The number of hydrogen-bond acceptors (Lipinski definition) is 6. The third-order valence-electron chi connectivity index (χ3n) is 3.89. The summed E-state index contributed by atoms with van der Waals surface area (Å²) in [5.74, 6) is 0.763. The fourth-order valence-electron chi connectivity index (χ4n) is 2.79. The van der Waals surface area contributed by atoms with Crippen molar-refractivity contribution in [1.82, 2.24) is 14.9 Å². The number of thiophene rings is 1. The number of aromatic nitrogens is 2. The highest BCUT2D eigenvalue weighted by molar-refractivity contribution is 7.15. The standard InChI is InChI=1S/C15H18N4O3S/c1-2-3-13-16-12-6-7-18(9-11(12)15(20)17-13)8-10-4-5-14(23-10)19(21)22/h4-5H,2-3,6-9H2,1H3,(H,16,17,20). The number of H-pyrrole nitrogens is 1. The minimum absolute atomic E-state index is 0.0553. The van der Waals surface area contributed by atoms with Gasteiger partial charge in [-0.15, -0.1) is 0 Å². The van der Waals surface area contributed by atoms with E-state index < -0.39 is 0 Å². The van der Waals surface area contributed by atoms with Crippen molar-refractivity contribution < 1.29 is 4.92 Å². The van der Waals surface area contributed by atoms with Gasteiger partial charge in [0, 0.05) is 43.4 Å². The molecule has 0 aliphatic carbocycles. The molecule has 3 heterocycles. The molecule has 0 saturated carbocycles. The van der Waals surface area contributed by atoms with Crippen molar-refractivity contribution in [2.75, 3.05) is 6.54 Å². The van der Waals surface area contributed by atoms with Crippen LogP contribution in [0.25, 0.3) is 0 Å². The molecule has 1 aliphatic rings. The molecule has 3 rings (SSSR count). The molecular weight excluding hydrogens is 316 g/mol. The molecule has 1 N–H and O–H groups in total. The van der Waals surface area contributed by atoms with Crippen LogP contribution in [0, 0.1) is 10.1 Å². The van der Waals surface area contributed by atoms with E-state index in [0.717, 1.165) is 47.8 Å². The van der Waals surface area contributed by atoms with Gasteiger partial charge in [0.1, 0.15) is 5.82 Å². The number of aryl methyl sites for hydroxylation is 1. The van der Waals surface area contributed by atoms with Gasteiger partial charge in [-0.2, -0.15) is 0 Å². The minimum Gasteiger partial charge on any atom is -0.310 e. The Bertz CT molecular complexity index is 783. The lowest BCUT2D eigenvalue weighted by Gasteiger charge is -2.27. The maximum Gasteiger partial charge on any atom is 0.324 e. The Kier molecular flexibility index (Phi) is 4.53. The molecule has 0 atom stereocenters. The number of nitrogens with one attached hydrogen (secondary N) is 1. The predicted molar refractivity (Wildman–Crippen MR) is 87.6 cm³/mol. The zero-order valence-electron chi connectivity index (χ0n) is 12.9. The molecule has 2 aromatic heterocycles. The molecule has 0 spiro atoms. The van der Waals surface area contributed by atoms with Crippen molar-refractivity contribution >= 4 is 16.3 Å². The van der Waals surface area contributed by atoms with Gasteiger partial charge in [0.2, 0.25) is 0 Å². The van der Waals surface area contributed by atoms with Crippen molar-refractivity contribution in [3.05, 3.63) is 54.6 Å². The van der Waals surface area contributed by atoms with Crippen LogP contribution >= 0.6 is 11.3 Å². The van der Waals surface area contributed by atoms with E-state index >= 15 is 0 Å². The van der Waals surface area contributed by atoms with Crippen LogP contribution in [0.2, 0.25) is 0 Å². The van der Waals surface area contributed by atoms with E-state index in [1.807, 2.05) is 0 Å². The summed E-state index contributed by atoms with van der Waals surface area (Å²) < 4.78 is 0. The summed E-state index contributed by atoms with van der Waals surface area (Å²) in [5.41, 5.74) is 1.56. The van der Waals surface area contributed by atoms with Gasteiger partial charge in [0.05, 0.1) is 16.2 Å². The summed E-state index contributed by atoms with van der Waals surface area (Å²) in [5, 5.41) is 10.9. The highest BCUT2D eigenvalue weighted by Crippen LogP contribution is 2.26. The smallest absolute Gasteiger partial charge is 0.310 e. The van der Waals surface area contributed by atoms with Crippen molar-refractivity contribution in [3.63, 3.8) is 0 Å². The van der Waals surface area contributed by atoms with Crippen LogP contribution in [-0.4, -0.2) is 26.3 Å². The Morgan fingerprint density at radius 1 is 1.48 bits per heavy atom. The van der Waals surface area contributed by atoms with Gasteiger partial charge in [-0.3, -0.25) is 19.8 Å². The van der Waals surface area contributed by atoms with Crippen LogP contribution in [0.15, 0.2) is 16.9 Å². The van der Waals surface area contributed by atoms with Crippen LogP contribution in [-0.2, 0) is 25.9 Å². The van der Waals surface area contributed by atoms with Crippen molar-refractivity contribution in [3.8, 4) is 0 Å². The van der Waals surface area contributed by atoms with Crippen LogP contribution in [0.5, 0.6) is 0 Å². The van der Waals surface area contributed by atoms with Gasteiger partial charge in [0.15, 0.2) is 0 Å². The summed E-state index contributed by atoms with van der Waals surface area (Å²) in [6.45, 7) is 4.02. The molecule has 23 heavy (non-hydrogen) atoms. The van der Waals surface area contributed by atoms with Gasteiger partial charge < -0.3 is 4.98 Å². The molecule has 7 nitrogen and oxygen atoms in total. The molecule has 0 saturated heterocycles. The Hall–Kier alpha value is -2.06. The lowest BCUT2D eigenvalue weighted by atomic mass is 10.1. The molecule has 0 radical (unpaired) electrons. The van der Waals surface area contributed by atoms with Crippen molar-refractivity contribution in [1.29, 1.82) is 0 Å². The van der Waals surface area contributed by atoms with Gasteiger partial charge in [0.25, 0.3) is 5.56 Å². The molecule has 8 heteroatoms. The zero-order chi connectivity index (χ0) is 16.4. The fraction of sp³-hybridized carbons (Fsp3) is 0.467. The Morgan fingerprint density at radius 3 is 3.00 bits per heavy atom. The molecule has 0 aromatic carbocycles. The summed E-state index contributed by atoms with van der Waals surface area (Å²) in [6, 6.07) is 3.31. The highest BCUT2D eigenvalue weighted by Gasteiger charge is 2.22. The molecule has 1 aliphatic heterocycles. The lowest BCUT2D eigenvalue weighted by Crippen LogP contribution is -2.35. The quantitative estimate of drug-likeness (QED) is 0.669. The van der Waals surface area contributed by atoms with E-state index in [0.29, 0.717) is 13.1 Å². The summed E-state index contributed by atoms with van der Waals surface area (Å²) in [7, 11) is 0. The molecule has 0 fully saturated rings. The van der Waals surface area contributed by atoms with E-state index in [1.165, 1.54) is 17.4 Å². The normalized spacial score (nSPS) is 14.7. The van der Waals surface area contributed by atoms with Crippen molar-refractivity contribution in [2.45, 2.75) is 39.3 Å². The average molecular weight is 334 g/mol. The second kappa shape index (κ2) is 6.59. The van der Waals surface area contributed by atoms with Gasteiger partial charge in [-0.05, 0) is 12.5 Å². The van der Waals surface area contributed by atoms with Gasteiger partial charge >= 0.3 is 5.00 Å². The second-order valence-electron chi connectivity index (χ2n) is 5.65. The van der Waals surface area contributed by atoms with Crippen molar-refractivity contribution in [2.24, 2.45) is 0 Å². The van der Waals surface area contributed by atoms with Gasteiger partial charge in [-0.1, -0.05) is 18.3 Å². The topological polar surface area (TPSA) is 92.1 Å². The maximum atomic E-state index is 12.2. The first-order valence-corrected chi connectivity index (χ1v) is 8.45. The maximum absolute atomic E-state index is 12.2. The largest absolute Gasteiger partial charge is 0.324 e. The Morgan fingerprint density at radius 2 is 2.30 bits per heavy atom. The minimum atomic E-state index is -0.371. The number of rotatable bonds is 5. The number of aromatic amines is 1. The zero-order valence-corrected chi connectivity index (χ0v) is 13.7. The molecule has 122 valence electrons. The SMILES string of the molecule is CCCc1nc2c(c(=O)[nH]1)CN(Cc1ccc([N+](=O)[O-])s1)CC2. The molecule has 0 amide bonds. The Labute approximate surface area is 137 Å². The van der Waals surface area contributed by atoms with E-state index in [9.17, 15) is 14.9 Å². The lowest BCUT2D eigenvalue weighted by molar-refractivity contribution is -0.380. The monoisotopic (exact) mass is 334 g/mol. The summed E-state index contributed by atoms with van der Waals surface area (Å²) in [4.78, 5) is 33.1. The van der Waals surface area contributed by atoms with Crippen LogP contribution < -0.4 is 5.56 Å². The van der Waals surface area contributed by atoms with Gasteiger partial charge in [-0.25, -0.2) is 4.98 Å². The van der Waals surface area contributed by atoms with E-state index in [-0.39, 0.29) is 15.5 Å². The Balaban J connectivity index is 1.74. The molecule has 2 aromatic rings. The predicted octanol–water partition coefficient (Wildman–Crippen LogP) is 2.25. The first-order chi connectivity index (χ1) is 11.1. The number of hydrogen-bond donors (Lipinski definition) is 1. The molecular formula is C15H18N4O3S. The van der Waals surface area contributed by atoms with E-state index in [4.69, 9.17) is 0 Å². The third kappa shape index (κ3) is 3.48. The first kappa shape index (κ1) is 15.8.